The summed E-state index contributed by atoms with van der Waals surface area (Å²) in [5, 5.41) is 8.16. The molecule has 6 heteroatoms. The quantitative estimate of drug-likeness (QED) is 0.401. The van der Waals surface area contributed by atoms with Crippen molar-refractivity contribution in [1.29, 1.82) is 0 Å². The van der Waals surface area contributed by atoms with E-state index in [1.165, 1.54) is 0 Å². The van der Waals surface area contributed by atoms with Crippen LogP contribution in [0.25, 0.3) is 0 Å². The van der Waals surface area contributed by atoms with Gasteiger partial charge >= 0.3 is 0 Å². The van der Waals surface area contributed by atoms with Crippen LogP contribution in [0.4, 0.5) is 0 Å². The van der Waals surface area contributed by atoms with Crippen molar-refractivity contribution in [3.63, 3.8) is 0 Å². The van der Waals surface area contributed by atoms with Crippen molar-refractivity contribution < 1.29 is 0 Å². The summed E-state index contributed by atoms with van der Waals surface area (Å²) in [6.07, 6.45) is 0. The second-order valence-electron chi connectivity index (χ2n) is 3.67. The van der Waals surface area contributed by atoms with E-state index in [9.17, 15) is 0 Å². The molecule has 0 heterocycles. The number of hydrogen-bond acceptors (Lipinski definition) is 4. The van der Waals surface area contributed by atoms with Gasteiger partial charge in [-0.15, -0.1) is 0 Å². The molecule has 0 N–H and O–H groups in total. The largest absolute Gasteiger partial charge is 0.365 e. The van der Waals surface area contributed by atoms with Gasteiger partial charge in [-0.2, -0.15) is 10.2 Å². The fraction of sp³-hybridized carbons (Fsp3) is 0.800. The van der Waals surface area contributed by atoms with Crippen molar-refractivity contribution in [2.75, 3.05) is 55.4 Å². The number of azo groups is 1. The Hall–Kier alpha value is -1.46. The molecule has 0 amide bonds. The van der Waals surface area contributed by atoms with Crippen LogP contribution in [0.15, 0.2) is 20.2 Å². The smallest absolute Gasteiger partial charge is 0.122 e. The molecule has 0 aromatic rings. The summed E-state index contributed by atoms with van der Waals surface area (Å²) in [5.41, 5.74) is 0. The average molecular weight is 226 g/mol. The van der Waals surface area contributed by atoms with Crippen molar-refractivity contribution in [2.45, 2.75) is 0 Å². The van der Waals surface area contributed by atoms with E-state index < -0.39 is 0 Å². The molecule has 0 aliphatic rings. The summed E-state index contributed by atoms with van der Waals surface area (Å²) in [7, 11) is 11.3. The van der Waals surface area contributed by atoms with E-state index in [0.29, 0.717) is 13.1 Å². The molecule has 0 aromatic heterocycles. The molecule has 0 fully saturated rings. The molecule has 0 aliphatic heterocycles. The van der Waals surface area contributed by atoms with Crippen LogP contribution in [0.5, 0.6) is 0 Å². The number of amidine groups is 2. The first-order chi connectivity index (χ1) is 7.52. The van der Waals surface area contributed by atoms with Gasteiger partial charge in [0.2, 0.25) is 0 Å². The standard InChI is InChI=1S/C10H22N6/c1-11-9(15(3)4)7-13-14-8-10(12-2)16(5)6/h7-8H2,1-6H3. The highest BCUT2D eigenvalue weighted by Gasteiger charge is 2.00. The van der Waals surface area contributed by atoms with Crippen LogP contribution in [-0.4, -0.2) is 76.8 Å². The van der Waals surface area contributed by atoms with E-state index in [1.54, 1.807) is 14.1 Å². The fourth-order valence-electron chi connectivity index (χ4n) is 1.05. The van der Waals surface area contributed by atoms with Crippen molar-refractivity contribution in [3.05, 3.63) is 0 Å². The molecule has 0 aliphatic carbocycles. The van der Waals surface area contributed by atoms with Crippen molar-refractivity contribution >= 4 is 11.7 Å². The van der Waals surface area contributed by atoms with E-state index in [0.717, 1.165) is 11.7 Å². The lowest BCUT2D eigenvalue weighted by atomic mass is 10.5. The van der Waals surface area contributed by atoms with Gasteiger partial charge in [0, 0.05) is 42.3 Å². The SMILES string of the molecule is CN=C(CN=NCC(=NC)N(C)C)N(C)C. The summed E-state index contributed by atoms with van der Waals surface area (Å²) in [6.45, 7) is 1.02. The third-order valence-electron chi connectivity index (χ3n) is 2.07. The average Bonchev–Trinajstić information content (AvgIpc) is 2.22. The van der Waals surface area contributed by atoms with Gasteiger partial charge in [0.25, 0.3) is 0 Å². The van der Waals surface area contributed by atoms with Crippen molar-refractivity contribution in [2.24, 2.45) is 20.2 Å². The number of nitrogens with zero attached hydrogens (tertiary/aromatic N) is 6. The molecule has 0 unspecified atom stereocenters. The monoisotopic (exact) mass is 226 g/mol. The van der Waals surface area contributed by atoms with Crippen LogP contribution in [0.1, 0.15) is 0 Å². The molecule has 16 heavy (non-hydrogen) atoms. The molecule has 0 saturated heterocycles. The van der Waals surface area contributed by atoms with E-state index >= 15 is 0 Å². The summed E-state index contributed by atoms with van der Waals surface area (Å²) in [6, 6.07) is 0. The lowest BCUT2D eigenvalue weighted by molar-refractivity contribution is 0.602. The first-order valence-corrected chi connectivity index (χ1v) is 5.12. The molecular weight excluding hydrogens is 204 g/mol. The maximum atomic E-state index is 4.11. The molecule has 6 nitrogen and oxygen atoms in total. The normalized spacial score (nSPS) is 13.4. The molecule has 0 saturated carbocycles. The number of rotatable bonds is 4. The number of likely N-dealkylation sites (N-methyl/N-ethyl adjacent to an activating group) is 2. The minimum absolute atomic E-state index is 0.508. The van der Waals surface area contributed by atoms with Gasteiger partial charge in [-0.1, -0.05) is 0 Å². The van der Waals surface area contributed by atoms with E-state index in [-0.39, 0.29) is 0 Å². The maximum Gasteiger partial charge on any atom is 0.122 e. The zero-order valence-electron chi connectivity index (χ0n) is 11.1. The maximum absolute atomic E-state index is 4.11. The van der Waals surface area contributed by atoms with Crippen LogP contribution >= 0.6 is 0 Å². The Morgan fingerprint density at radius 3 is 1.25 bits per heavy atom. The number of aliphatic imine (C=N–C) groups is 2. The Bertz CT molecular complexity index is 249. The molecule has 0 spiro atoms. The van der Waals surface area contributed by atoms with E-state index in [1.807, 2.05) is 38.0 Å². The molecule has 0 radical (unpaired) electrons. The van der Waals surface area contributed by atoms with Crippen LogP contribution < -0.4 is 0 Å². The van der Waals surface area contributed by atoms with Crippen LogP contribution in [-0.2, 0) is 0 Å². The Balaban J connectivity index is 4.13. The minimum atomic E-state index is 0.508. The minimum Gasteiger partial charge on any atom is -0.365 e. The summed E-state index contributed by atoms with van der Waals surface area (Å²) in [5.74, 6) is 1.81. The van der Waals surface area contributed by atoms with Crippen LogP contribution in [0.3, 0.4) is 0 Å². The molecule has 92 valence electrons. The van der Waals surface area contributed by atoms with Crippen LogP contribution in [0.2, 0.25) is 0 Å². The molecule has 0 rings (SSSR count). The van der Waals surface area contributed by atoms with Gasteiger partial charge in [0.1, 0.15) is 24.8 Å². The van der Waals surface area contributed by atoms with Crippen molar-refractivity contribution in [3.8, 4) is 0 Å². The first kappa shape index (κ1) is 14.5. The lowest BCUT2D eigenvalue weighted by Crippen LogP contribution is -2.25. The third kappa shape index (κ3) is 5.43. The highest BCUT2D eigenvalue weighted by atomic mass is 15.2. The Morgan fingerprint density at radius 2 is 1.06 bits per heavy atom. The molecular formula is C10H22N6. The Kier molecular flexibility index (Phi) is 7.07. The lowest BCUT2D eigenvalue weighted by Gasteiger charge is -2.13. The van der Waals surface area contributed by atoms with E-state index in [4.69, 9.17) is 0 Å². The highest BCUT2D eigenvalue weighted by molar-refractivity contribution is 5.84. The van der Waals surface area contributed by atoms with E-state index in [2.05, 4.69) is 20.2 Å². The van der Waals surface area contributed by atoms with Gasteiger partial charge in [-0.3, -0.25) is 9.98 Å². The molecule has 0 aromatic carbocycles. The Morgan fingerprint density at radius 1 is 0.750 bits per heavy atom. The highest BCUT2D eigenvalue weighted by Crippen LogP contribution is 1.89. The van der Waals surface area contributed by atoms with Crippen molar-refractivity contribution in [1.82, 2.24) is 9.80 Å². The Labute approximate surface area is 97.8 Å². The van der Waals surface area contributed by atoms with Gasteiger partial charge in [-0.25, -0.2) is 0 Å². The summed E-state index contributed by atoms with van der Waals surface area (Å²) in [4.78, 5) is 12.1. The zero-order valence-corrected chi connectivity index (χ0v) is 11.1. The summed E-state index contributed by atoms with van der Waals surface area (Å²) >= 11 is 0. The van der Waals surface area contributed by atoms with Crippen LogP contribution in [0, 0.1) is 0 Å². The first-order valence-electron chi connectivity index (χ1n) is 5.12. The van der Waals surface area contributed by atoms with Gasteiger partial charge in [0.05, 0.1) is 0 Å². The fourth-order valence-corrected chi connectivity index (χ4v) is 1.05. The number of hydrogen-bond donors (Lipinski definition) is 0. The second kappa shape index (κ2) is 7.78. The predicted octanol–water partition coefficient (Wildman–Crippen LogP) is 0.618. The third-order valence-corrected chi connectivity index (χ3v) is 2.07. The van der Waals surface area contributed by atoms with Gasteiger partial charge in [-0.05, 0) is 0 Å². The van der Waals surface area contributed by atoms with Gasteiger partial charge < -0.3 is 9.80 Å². The molecule has 0 atom stereocenters. The zero-order chi connectivity index (χ0) is 12.6. The second-order valence-corrected chi connectivity index (χ2v) is 3.67. The molecule has 0 bridgehead atoms. The predicted molar refractivity (Wildman–Crippen MR) is 68.7 cm³/mol. The topological polar surface area (TPSA) is 55.9 Å². The van der Waals surface area contributed by atoms with Gasteiger partial charge in [0.15, 0.2) is 0 Å². The summed E-state index contributed by atoms with van der Waals surface area (Å²) < 4.78 is 0.